The van der Waals surface area contributed by atoms with E-state index < -0.39 is 0 Å². The van der Waals surface area contributed by atoms with Crippen LogP contribution in [0.25, 0.3) is 0 Å². The van der Waals surface area contributed by atoms with E-state index in [2.05, 4.69) is 9.88 Å². The summed E-state index contributed by atoms with van der Waals surface area (Å²) in [5.74, 6) is 0. The molecule has 0 aromatic carbocycles. The normalized spacial score (nSPS) is 4.50. The van der Waals surface area contributed by atoms with Crippen molar-refractivity contribution in [2.75, 3.05) is 0 Å². The van der Waals surface area contributed by atoms with E-state index in [9.17, 15) is 0 Å². The van der Waals surface area contributed by atoms with Gasteiger partial charge < -0.3 is 0 Å². The molecule has 0 aliphatic rings. The minimum absolute atomic E-state index is 0. The molecule has 0 N–H and O–H groups in total. The van der Waals surface area contributed by atoms with Gasteiger partial charge in [-0.25, -0.2) is 0 Å². The van der Waals surface area contributed by atoms with Gasteiger partial charge in [0.1, 0.15) is 0 Å². The molecule has 0 heterocycles. The van der Waals surface area contributed by atoms with E-state index in [4.69, 9.17) is 0 Å². The fourth-order valence-corrected chi connectivity index (χ4v) is 0. The first-order valence-electron chi connectivity index (χ1n) is 1.15. The zero-order valence-corrected chi connectivity index (χ0v) is 11.1. The van der Waals surface area contributed by atoms with Gasteiger partial charge in [0.15, 0.2) is 0 Å². The van der Waals surface area contributed by atoms with Crippen LogP contribution in [0.4, 0.5) is 0 Å². The first kappa shape index (κ1) is 9.02. The Morgan fingerprint density at radius 2 is 1.25 bits per heavy atom. The number of hydrogen-bond donors (Lipinski definition) is 0. The third-order valence-corrected chi connectivity index (χ3v) is 0. The maximum absolute atomic E-state index is 2.32. The van der Waals surface area contributed by atoms with Crippen molar-refractivity contribution >= 4 is 38.7 Å². The first-order chi connectivity index (χ1) is 1.41. The van der Waals surface area contributed by atoms with Crippen LogP contribution in [0.5, 0.6) is 0 Å². The number of hydrogen-bond acceptors (Lipinski definition) is 0. The Bertz CT molecular complexity index is 6.00. The van der Waals surface area contributed by atoms with E-state index in [-0.39, 0.29) is 38.7 Å². The van der Waals surface area contributed by atoms with E-state index in [1.165, 1.54) is 0 Å². The summed E-state index contributed by atoms with van der Waals surface area (Å²) in [6.07, 6.45) is 0. The van der Waals surface area contributed by atoms with Crippen molar-refractivity contribution in [1.29, 1.82) is 0 Å². The van der Waals surface area contributed by atoms with Gasteiger partial charge >= 0.3 is 48.6 Å². The average Bonchev–Trinajstić information content (AvgIpc) is 0.918. The molecule has 0 aliphatic carbocycles. The average molecular weight is 225 g/mol. The molecule has 0 amide bonds. The molecule has 0 aliphatic heterocycles. The Hall–Kier alpha value is 1.34. The predicted octanol–water partition coefficient (Wildman–Crippen LogP) is -0.665. The standard InChI is InChI=1S/2CH3.GeH3.Sn.H/h3*1H3;;. The quantitative estimate of drug-likeness (QED) is 0.480. The topological polar surface area (TPSA) is 0 Å². The van der Waals surface area contributed by atoms with Crippen LogP contribution in [0.15, 0.2) is 0 Å². The molecule has 0 saturated carbocycles. The van der Waals surface area contributed by atoms with Crippen LogP contribution in [0.3, 0.4) is 0 Å². The molecule has 0 rings (SSSR count). The molecule has 0 nitrogen and oxygen atoms in total. The Morgan fingerprint density at radius 3 is 1.25 bits per heavy atom. The van der Waals surface area contributed by atoms with Crippen molar-refractivity contribution in [3.8, 4) is 0 Å². The second-order valence-corrected chi connectivity index (χ2v) is 3.87. The van der Waals surface area contributed by atoms with Crippen molar-refractivity contribution in [3.63, 3.8) is 0 Å². The molecule has 0 unspecified atom stereocenters. The molecule has 0 aromatic heterocycles. The second kappa shape index (κ2) is 8.84. The van der Waals surface area contributed by atoms with E-state index >= 15 is 0 Å². The molecule has 2 heteroatoms. The summed E-state index contributed by atoms with van der Waals surface area (Å²) < 4.78 is 0. The Morgan fingerprint density at radius 1 is 1.25 bits per heavy atom. The van der Waals surface area contributed by atoms with Crippen LogP contribution in [0.1, 0.15) is 0 Å². The number of rotatable bonds is 0. The molecule has 0 spiro atoms. The molecule has 2 radical (unpaired) electrons. The van der Waals surface area contributed by atoms with Gasteiger partial charge in [-0.2, -0.15) is 0 Å². The van der Waals surface area contributed by atoms with Gasteiger partial charge in [-0.15, -0.1) is 0 Å². The summed E-state index contributed by atoms with van der Waals surface area (Å²) in [6.45, 7) is 0. The van der Waals surface area contributed by atoms with Crippen molar-refractivity contribution in [3.05, 3.63) is 0 Å². The third-order valence-electron chi connectivity index (χ3n) is 0. The van der Waals surface area contributed by atoms with Gasteiger partial charge in [0.2, 0.25) is 0 Å². The predicted molar refractivity (Wildman–Crippen MR) is 28.8 cm³/mol. The van der Waals surface area contributed by atoms with Crippen LogP contribution in [-0.2, 0) is 0 Å². The molecule has 0 atom stereocenters. The van der Waals surface area contributed by atoms with Crippen molar-refractivity contribution < 1.29 is 0 Å². The summed E-state index contributed by atoms with van der Waals surface area (Å²) >= 11 is 0.110. The Kier molecular flexibility index (Phi) is 19.9. The molecular weight excluding hydrogens is 215 g/mol. The Labute approximate surface area is 48.5 Å². The summed E-state index contributed by atoms with van der Waals surface area (Å²) in [6, 6.07) is 0. The van der Waals surface area contributed by atoms with E-state index in [0.717, 1.165) is 0 Å². The fraction of sp³-hybridized carbons (Fsp3) is 1.00. The molecule has 26 valence electrons. The summed E-state index contributed by atoms with van der Waals surface area (Å²) in [4.78, 5) is 4.63. The van der Waals surface area contributed by atoms with E-state index in [1.54, 1.807) is 0 Å². The Balaban J connectivity index is 0. The van der Waals surface area contributed by atoms with Crippen molar-refractivity contribution in [2.24, 2.45) is 0 Å². The zero-order valence-electron chi connectivity index (χ0n) is 3.58. The van der Waals surface area contributed by atoms with Crippen molar-refractivity contribution in [2.45, 2.75) is 9.88 Å². The molecule has 0 saturated heterocycles. The second-order valence-electron chi connectivity index (χ2n) is 0.577. The SMILES string of the molecule is [CH3][SnH][CH3].[GeH3]. The van der Waals surface area contributed by atoms with Gasteiger partial charge in [-0.05, 0) is 0 Å². The fourth-order valence-electron chi connectivity index (χ4n) is 0. The third kappa shape index (κ3) is 10.2. The monoisotopic (exact) mass is 228 g/mol. The molecule has 0 aromatic rings. The van der Waals surface area contributed by atoms with E-state index in [1.807, 2.05) is 0 Å². The zero-order chi connectivity index (χ0) is 2.71. The van der Waals surface area contributed by atoms with Crippen LogP contribution < -0.4 is 0 Å². The molecular formula is C2H10GeSn. The molecule has 0 fully saturated rings. The van der Waals surface area contributed by atoms with E-state index in [0.29, 0.717) is 0 Å². The first-order valence-corrected chi connectivity index (χ1v) is 7.75. The van der Waals surface area contributed by atoms with Gasteiger partial charge in [-0.1, -0.05) is 0 Å². The van der Waals surface area contributed by atoms with Gasteiger partial charge in [0.25, 0.3) is 0 Å². The minimum atomic E-state index is 0. The van der Waals surface area contributed by atoms with Crippen molar-refractivity contribution in [1.82, 2.24) is 0 Å². The van der Waals surface area contributed by atoms with Crippen LogP contribution >= 0.6 is 0 Å². The molecule has 0 bridgehead atoms. The van der Waals surface area contributed by atoms with Gasteiger partial charge in [0.05, 0.1) is 0 Å². The van der Waals surface area contributed by atoms with Crippen LogP contribution in [0.2, 0.25) is 9.88 Å². The summed E-state index contributed by atoms with van der Waals surface area (Å²) in [5, 5.41) is 0. The maximum atomic E-state index is 2.32. The van der Waals surface area contributed by atoms with Gasteiger partial charge in [-0.3, -0.25) is 0 Å². The summed E-state index contributed by atoms with van der Waals surface area (Å²) in [7, 11) is 0. The van der Waals surface area contributed by atoms with Crippen LogP contribution in [0, 0.1) is 0 Å². The van der Waals surface area contributed by atoms with Gasteiger partial charge in [0, 0.05) is 0 Å². The van der Waals surface area contributed by atoms with Crippen LogP contribution in [-0.4, -0.2) is 38.7 Å². The summed E-state index contributed by atoms with van der Waals surface area (Å²) in [5.41, 5.74) is 0. The molecule has 4 heavy (non-hydrogen) atoms.